The quantitative estimate of drug-likeness (QED) is 0.109. The average molecular weight is 745 g/mol. The van der Waals surface area contributed by atoms with E-state index in [9.17, 15) is 37.1 Å². The lowest BCUT2D eigenvalue weighted by atomic mass is 9.67. The van der Waals surface area contributed by atoms with Crippen molar-refractivity contribution < 1.29 is 37.1 Å². The first-order chi connectivity index (χ1) is 24.0. The predicted molar refractivity (Wildman–Crippen MR) is 190 cm³/mol. The lowest BCUT2D eigenvalue weighted by Crippen LogP contribution is -2.29. The second-order valence-electron chi connectivity index (χ2n) is 13.2. The molecule has 4 nitrogen and oxygen atoms in total. The molecular weight excluding hydrogens is 725 g/mol. The summed E-state index contributed by atoms with van der Waals surface area (Å²) in [7, 11) is 0. The van der Waals surface area contributed by atoms with Gasteiger partial charge >= 0.3 is 0 Å². The summed E-state index contributed by atoms with van der Waals surface area (Å²) < 4.78 is 62.5. The Balaban J connectivity index is 1.06. The van der Waals surface area contributed by atoms with E-state index in [0.717, 1.165) is 85.8 Å². The van der Waals surface area contributed by atoms with E-state index in [0.29, 0.717) is 0 Å². The Labute approximate surface area is 296 Å². The van der Waals surface area contributed by atoms with Crippen molar-refractivity contribution in [3.63, 3.8) is 0 Å². The van der Waals surface area contributed by atoms with Gasteiger partial charge in [-0.25, -0.2) is 17.6 Å². The van der Waals surface area contributed by atoms with Crippen molar-refractivity contribution in [3.8, 4) is 0 Å². The molecule has 4 aromatic heterocycles. The summed E-state index contributed by atoms with van der Waals surface area (Å²) >= 11 is 6.55. The fourth-order valence-corrected chi connectivity index (χ4v) is 14.2. The molecule has 1 spiro atoms. The summed E-state index contributed by atoms with van der Waals surface area (Å²) in [6.07, 6.45) is 8.75. The molecule has 1 saturated carbocycles. The zero-order valence-electron chi connectivity index (χ0n) is 25.5. The van der Waals surface area contributed by atoms with Crippen LogP contribution in [-0.2, 0) is 5.41 Å². The van der Waals surface area contributed by atoms with E-state index < -0.39 is 52.1 Å². The molecule has 0 amide bonds. The third-order valence-electron chi connectivity index (χ3n) is 10.5. The summed E-state index contributed by atoms with van der Waals surface area (Å²) in [6, 6.07) is 5.31. The van der Waals surface area contributed by atoms with E-state index in [1.54, 1.807) is 46.2 Å². The summed E-state index contributed by atoms with van der Waals surface area (Å²) in [4.78, 5) is 41.5. The predicted octanol–water partition coefficient (Wildman–Crippen LogP) is 10.9. The Morgan fingerprint density at radius 1 is 0.660 bits per heavy atom. The first-order valence-corrected chi connectivity index (χ1v) is 19.2. The van der Waals surface area contributed by atoms with Gasteiger partial charge in [0.05, 0.1) is 29.1 Å². The maximum Gasteiger partial charge on any atom is 0.197 e. The zero-order chi connectivity index (χ0) is 34.4. The molecule has 50 heavy (non-hydrogen) atoms. The van der Waals surface area contributed by atoms with Crippen molar-refractivity contribution in [1.82, 2.24) is 0 Å². The zero-order valence-corrected chi connectivity index (χ0v) is 28.8. The molecule has 0 radical (unpaired) electrons. The van der Waals surface area contributed by atoms with E-state index in [1.807, 2.05) is 6.07 Å². The van der Waals surface area contributed by atoms with Crippen LogP contribution >= 0.6 is 45.3 Å². The first kappa shape index (κ1) is 30.7. The van der Waals surface area contributed by atoms with Crippen LogP contribution in [0, 0.1) is 23.3 Å². The van der Waals surface area contributed by atoms with Gasteiger partial charge in [0.2, 0.25) is 0 Å². The third kappa shape index (κ3) is 4.02. The topological polar surface area (TPSA) is 71.4 Å². The monoisotopic (exact) mass is 744 g/mol. The lowest BCUT2D eigenvalue weighted by molar-refractivity contribution is 0.0984. The first-order valence-electron chi connectivity index (χ1n) is 15.9. The van der Waals surface area contributed by atoms with Gasteiger partial charge in [0.25, 0.3) is 0 Å². The number of hydrogen-bond acceptors (Lipinski definition) is 8. The van der Waals surface area contributed by atoms with E-state index in [4.69, 9.17) is 0 Å². The molecule has 10 rings (SSSR count). The van der Waals surface area contributed by atoms with Gasteiger partial charge in [0, 0.05) is 42.1 Å². The van der Waals surface area contributed by atoms with Crippen LogP contribution in [0.1, 0.15) is 90.2 Å². The van der Waals surface area contributed by atoms with Crippen LogP contribution in [0.2, 0.25) is 0 Å². The van der Waals surface area contributed by atoms with Crippen molar-refractivity contribution in [2.75, 3.05) is 0 Å². The number of carbonyl (C=O) groups is 3. The van der Waals surface area contributed by atoms with E-state index >= 15 is 0 Å². The summed E-state index contributed by atoms with van der Waals surface area (Å²) in [5.41, 5.74) is 1.52. The third-order valence-corrected chi connectivity index (χ3v) is 15.8. The van der Waals surface area contributed by atoms with Crippen molar-refractivity contribution in [3.05, 3.63) is 114 Å². The van der Waals surface area contributed by atoms with E-state index in [-0.39, 0.29) is 33.4 Å². The number of aliphatic hydroxyl groups is 1. The number of benzene rings is 2. The van der Waals surface area contributed by atoms with Gasteiger partial charge in [-0.3, -0.25) is 14.4 Å². The van der Waals surface area contributed by atoms with Crippen molar-refractivity contribution in [2.45, 2.75) is 43.6 Å². The molecule has 248 valence electrons. The van der Waals surface area contributed by atoms with Crippen LogP contribution in [-0.4, -0.2) is 22.5 Å². The van der Waals surface area contributed by atoms with Gasteiger partial charge in [-0.15, -0.1) is 45.3 Å². The normalized spacial score (nSPS) is 20.3. The largest absolute Gasteiger partial charge is 0.383 e. The molecule has 12 heteroatoms. The average Bonchev–Trinajstić information content (AvgIpc) is 3.93. The molecule has 0 bridgehead atoms. The minimum atomic E-state index is -1.35. The van der Waals surface area contributed by atoms with Gasteiger partial charge in [-0.05, 0) is 78.1 Å². The lowest BCUT2D eigenvalue weighted by Gasteiger charge is -2.36. The van der Waals surface area contributed by atoms with Gasteiger partial charge in [-0.2, -0.15) is 0 Å². The Morgan fingerprint density at radius 2 is 1.28 bits per heavy atom. The number of rotatable bonds is 2. The second-order valence-corrected chi connectivity index (χ2v) is 17.4. The van der Waals surface area contributed by atoms with Crippen molar-refractivity contribution in [2.24, 2.45) is 0 Å². The van der Waals surface area contributed by atoms with E-state index in [2.05, 4.69) is 6.08 Å². The van der Waals surface area contributed by atoms with Gasteiger partial charge in [0.15, 0.2) is 40.6 Å². The second kappa shape index (κ2) is 10.5. The molecule has 1 atom stereocenters. The summed E-state index contributed by atoms with van der Waals surface area (Å²) in [5, 5.41) is 10.8. The van der Waals surface area contributed by atoms with E-state index in [1.165, 1.54) is 31.0 Å². The highest BCUT2D eigenvalue weighted by Gasteiger charge is 2.46. The molecule has 1 unspecified atom stereocenters. The van der Waals surface area contributed by atoms with Crippen molar-refractivity contribution in [1.29, 1.82) is 0 Å². The molecule has 1 fully saturated rings. The van der Waals surface area contributed by atoms with Gasteiger partial charge in [-0.1, -0.05) is 19.3 Å². The van der Waals surface area contributed by atoms with Crippen LogP contribution in [0.25, 0.3) is 40.4 Å². The smallest absolute Gasteiger partial charge is 0.197 e. The molecule has 1 N–H and O–H groups in total. The number of aliphatic hydroxyl groups excluding tert-OH is 1. The van der Waals surface area contributed by atoms with Crippen molar-refractivity contribution >= 4 is 103 Å². The number of halogens is 4. The fraction of sp³-hybridized carbons (Fsp3) is 0.184. The molecule has 4 heterocycles. The number of allylic oxidation sites excluding steroid dienone is 3. The Kier molecular flexibility index (Phi) is 6.45. The van der Waals surface area contributed by atoms with Gasteiger partial charge in [0.1, 0.15) is 6.10 Å². The number of carbonyl (C=O) groups excluding carboxylic acids is 3. The number of thiophene rings is 4. The Morgan fingerprint density at radius 3 is 1.98 bits per heavy atom. The summed E-state index contributed by atoms with van der Waals surface area (Å²) in [6.45, 7) is 0. The SMILES string of the molecule is O=C1C(=CC2=Cc3sc4c(sc5c6sc(/C=C7/C(=O)c8cc(F)c(F)cc8C7O)cc6sc45)c3C23CCCCC3)C(=O)c2cc(F)c(F)cc21. The van der Waals surface area contributed by atoms with Gasteiger partial charge < -0.3 is 5.11 Å². The number of ketones is 3. The Hall–Kier alpha value is -4.07. The highest BCUT2D eigenvalue weighted by molar-refractivity contribution is 7.44. The molecule has 2 aromatic carbocycles. The highest BCUT2D eigenvalue weighted by atomic mass is 32.1. The number of hydrogen-bond donors (Lipinski definition) is 1. The number of Topliss-reactive ketones (excluding diaryl/α,β-unsaturated/α-hetero) is 3. The van der Waals surface area contributed by atoms with Crippen LogP contribution in [0.4, 0.5) is 17.6 Å². The standard InChI is InChI=1S/C38H20F4O4S4/c39-22-10-16-17(11-23(22)40)30(44)20(29(16)43)6-14-7-26-28(38(14)4-2-1-3-5-38)34-36(48-26)37-35(50-34)33-27(49-37)9-15(47-33)8-21-31(45)18-12-24(41)25(42)13-19(18)32(21)46/h6-13,31,45H,1-5H2/b21-8+. The molecule has 6 aromatic rings. The molecule has 4 aliphatic rings. The van der Waals surface area contributed by atoms with Crippen LogP contribution in [0.15, 0.2) is 53.1 Å². The number of fused-ring (bicyclic) bond motifs is 10. The maximum absolute atomic E-state index is 14.0. The minimum Gasteiger partial charge on any atom is -0.383 e. The maximum atomic E-state index is 14.0. The van der Waals surface area contributed by atoms with Crippen LogP contribution in [0.5, 0.6) is 0 Å². The minimum absolute atomic E-state index is 0.0370. The van der Waals surface area contributed by atoms with Crippen LogP contribution in [0.3, 0.4) is 0 Å². The fourth-order valence-electron chi connectivity index (χ4n) is 8.17. The molecule has 0 aliphatic heterocycles. The highest BCUT2D eigenvalue weighted by Crippen LogP contribution is 2.61. The van der Waals surface area contributed by atoms with Crippen LogP contribution < -0.4 is 0 Å². The molecule has 0 saturated heterocycles. The molecular formula is C38H20F4O4S4. The summed E-state index contributed by atoms with van der Waals surface area (Å²) in [5.74, 6) is -6.28. The molecule has 4 aliphatic carbocycles. The Bertz CT molecular complexity index is 2670.